The average molecular weight is 275 g/mol. The Bertz CT molecular complexity index is 552. The molecule has 0 aromatic carbocycles. The Labute approximate surface area is 140 Å². The number of pyridine rings is 2. The van der Waals surface area contributed by atoms with Crippen molar-refractivity contribution >= 4 is 18.9 Å². The van der Waals surface area contributed by atoms with Crippen LogP contribution in [0.2, 0.25) is 0 Å². The van der Waals surface area contributed by atoms with Crippen LogP contribution in [0.4, 0.5) is 0 Å². The standard InChI is InChI=1S/C18H24N2.Li/c1-17(2,3)13-7-9-19-15(11-13)16-12-14(8-10-20-16)18(4,5)6;/h7-12H,1-6H3;. The van der Waals surface area contributed by atoms with E-state index in [0.717, 1.165) is 11.4 Å². The molecule has 2 aromatic heterocycles. The van der Waals surface area contributed by atoms with E-state index in [-0.39, 0.29) is 29.7 Å². The molecule has 0 spiro atoms. The molecule has 2 aromatic rings. The maximum atomic E-state index is 4.48. The van der Waals surface area contributed by atoms with Crippen LogP contribution < -0.4 is 0 Å². The van der Waals surface area contributed by atoms with Crippen LogP contribution in [0.5, 0.6) is 0 Å². The van der Waals surface area contributed by atoms with Gasteiger partial charge in [-0.1, -0.05) is 41.5 Å². The van der Waals surface area contributed by atoms with Crippen molar-refractivity contribution in [1.82, 2.24) is 9.97 Å². The predicted molar refractivity (Wildman–Crippen MR) is 90.6 cm³/mol. The van der Waals surface area contributed by atoms with Gasteiger partial charge < -0.3 is 0 Å². The van der Waals surface area contributed by atoms with Crippen molar-refractivity contribution in [3.63, 3.8) is 0 Å². The van der Waals surface area contributed by atoms with E-state index in [1.165, 1.54) is 11.1 Å². The van der Waals surface area contributed by atoms with E-state index in [1.54, 1.807) is 0 Å². The normalized spacial score (nSPS) is 11.9. The second kappa shape index (κ2) is 6.34. The molecule has 0 saturated heterocycles. The SMILES string of the molecule is CC(C)(C)c1ccnc(-c2cc(C(C)(C)C)ccn2)c1.[Li]. The van der Waals surface area contributed by atoms with E-state index in [2.05, 4.69) is 75.8 Å². The molecular weight excluding hydrogens is 251 g/mol. The van der Waals surface area contributed by atoms with Crippen LogP contribution in [-0.2, 0) is 10.8 Å². The number of hydrogen-bond donors (Lipinski definition) is 0. The van der Waals surface area contributed by atoms with Crippen LogP contribution in [-0.4, -0.2) is 28.8 Å². The minimum Gasteiger partial charge on any atom is -0.255 e. The number of aromatic nitrogens is 2. The monoisotopic (exact) mass is 275 g/mol. The zero-order valence-corrected chi connectivity index (χ0v) is 14.4. The van der Waals surface area contributed by atoms with Gasteiger partial charge in [0.15, 0.2) is 0 Å². The Hall–Kier alpha value is -1.10. The molecule has 0 unspecified atom stereocenters. The Morgan fingerprint density at radius 2 is 1.00 bits per heavy atom. The van der Waals surface area contributed by atoms with E-state index in [0.29, 0.717) is 0 Å². The molecule has 0 saturated carbocycles. The summed E-state index contributed by atoms with van der Waals surface area (Å²) in [5, 5.41) is 0. The Morgan fingerprint density at radius 1 is 0.667 bits per heavy atom. The summed E-state index contributed by atoms with van der Waals surface area (Å²) >= 11 is 0. The van der Waals surface area contributed by atoms with Crippen molar-refractivity contribution in [1.29, 1.82) is 0 Å². The Kier molecular flexibility index (Phi) is 5.42. The maximum absolute atomic E-state index is 4.48. The van der Waals surface area contributed by atoms with Gasteiger partial charge >= 0.3 is 0 Å². The van der Waals surface area contributed by atoms with Crippen molar-refractivity contribution in [2.45, 2.75) is 52.4 Å². The van der Waals surface area contributed by atoms with E-state index >= 15 is 0 Å². The molecule has 107 valence electrons. The molecule has 2 heterocycles. The second-order valence-electron chi connectivity index (χ2n) is 7.36. The molecule has 0 aliphatic carbocycles. The second-order valence-corrected chi connectivity index (χ2v) is 7.36. The van der Waals surface area contributed by atoms with Crippen molar-refractivity contribution in [3.05, 3.63) is 47.8 Å². The third kappa shape index (κ3) is 4.43. The van der Waals surface area contributed by atoms with Crippen molar-refractivity contribution in [3.8, 4) is 11.4 Å². The molecule has 1 radical (unpaired) electrons. The minimum atomic E-state index is 0. The summed E-state index contributed by atoms with van der Waals surface area (Å²) in [6.45, 7) is 13.3. The Balaban J connectivity index is 0.00000220. The molecule has 0 aliphatic heterocycles. The van der Waals surface area contributed by atoms with Gasteiger partial charge in [0.25, 0.3) is 0 Å². The van der Waals surface area contributed by atoms with Gasteiger partial charge in [-0.3, -0.25) is 9.97 Å². The molecule has 2 nitrogen and oxygen atoms in total. The first-order valence-corrected chi connectivity index (χ1v) is 7.11. The van der Waals surface area contributed by atoms with Gasteiger partial charge in [-0.25, -0.2) is 0 Å². The molecular formula is C18H24LiN2. The average Bonchev–Trinajstić information content (AvgIpc) is 2.37. The quantitative estimate of drug-likeness (QED) is 0.723. The van der Waals surface area contributed by atoms with Crippen LogP contribution in [0.3, 0.4) is 0 Å². The van der Waals surface area contributed by atoms with Crippen LogP contribution >= 0.6 is 0 Å². The van der Waals surface area contributed by atoms with Gasteiger partial charge in [0.1, 0.15) is 0 Å². The van der Waals surface area contributed by atoms with Gasteiger partial charge in [0, 0.05) is 31.3 Å². The smallest absolute Gasteiger partial charge is 0.0889 e. The van der Waals surface area contributed by atoms with E-state index in [9.17, 15) is 0 Å². The summed E-state index contributed by atoms with van der Waals surface area (Å²) in [5.41, 5.74) is 4.71. The van der Waals surface area contributed by atoms with Gasteiger partial charge in [0.05, 0.1) is 11.4 Å². The molecule has 21 heavy (non-hydrogen) atoms. The van der Waals surface area contributed by atoms with Crippen LogP contribution in [0.15, 0.2) is 36.7 Å². The van der Waals surface area contributed by atoms with Crippen molar-refractivity contribution in [2.24, 2.45) is 0 Å². The van der Waals surface area contributed by atoms with Crippen LogP contribution in [0, 0.1) is 0 Å². The zero-order chi connectivity index (χ0) is 15.0. The van der Waals surface area contributed by atoms with E-state index < -0.39 is 0 Å². The minimum absolute atomic E-state index is 0. The summed E-state index contributed by atoms with van der Waals surface area (Å²) < 4.78 is 0. The number of nitrogens with zero attached hydrogens (tertiary/aromatic N) is 2. The predicted octanol–water partition coefficient (Wildman–Crippen LogP) is 4.36. The largest absolute Gasteiger partial charge is 0.255 e. The molecule has 0 atom stereocenters. The molecule has 0 bridgehead atoms. The van der Waals surface area contributed by atoms with Gasteiger partial charge in [-0.15, -0.1) is 0 Å². The van der Waals surface area contributed by atoms with Gasteiger partial charge in [-0.05, 0) is 46.2 Å². The first kappa shape index (κ1) is 17.9. The first-order valence-electron chi connectivity index (χ1n) is 7.11. The number of hydrogen-bond acceptors (Lipinski definition) is 2. The fourth-order valence-corrected chi connectivity index (χ4v) is 2.07. The number of rotatable bonds is 1. The molecule has 0 N–H and O–H groups in total. The Morgan fingerprint density at radius 3 is 1.29 bits per heavy atom. The molecule has 2 rings (SSSR count). The molecule has 0 amide bonds. The fraction of sp³-hybridized carbons (Fsp3) is 0.444. The molecule has 0 fully saturated rings. The van der Waals surface area contributed by atoms with Gasteiger partial charge in [-0.2, -0.15) is 0 Å². The summed E-state index contributed by atoms with van der Waals surface area (Å²) in [6, 6.07) is 8.46. The summed E-state index contributed by atoms with van der Waals surface area (Å²) in [4.78, 5) is 8.97. The van der Waals surface area contributed by atoms with Crippen molar-refractivity contribution in [2.75, 3.05) is 0 Å². The zero-order valence-electron chi connectivity index (χ0n) is 14.4. The van der Waals surface area contributed by atoms with Gasteiger partial charge in [0.2, 0.25) is 0 Å². The topological polar surface area (TPSA) is 25.8 Å². The molecule has 0 aliphatic rings. The van der Waals surface area contributed by atoms with Crippen LogP contribution in [0.1, 0.15) is 52.7 Å². The fourth-order valence-electron chi connectivity index (χ4n) is 2.07. The summed E-state index contributed by atoms with van der Waals surface area (Å²) in [7, 11) is 0. The summed E-state index contributed by atoms with van der Waals surface area (Å²) in [5.74, 6) is 0. The van der Waals surface area contributed by atoms with Crippen molar-refractivity contribution < 1.29 is 0 Å². The first-order chi connectivity index (χ1) is 9.18. The van der Waals surface area contributed by atoms with E-state index in [1.807, 2.05) is 12.4 Å². The van der Waals surface area contributed by atoms with E-state index in [4.69, 9.17) is 0 Å². The third-order valence-corrected chi connectivity index (χ3v) is 3.51. The maximum Gasteiger partial charge on any atom is 0.0889 e. The third-order valence-electron chi connectivity index (χ3n) is 3.51. The summed E-state index contributed by atoms with van der Waals surface area (Å²) in [6.07, 6.45) is 3.75. The molecule has 3 heteroatoms. The van der Waals surface area contributed by atoms with Crippen LogP contribution in [0.25, 0.3) is 11.4 Å².